The zero-order chi connectivity index (χ0) is 16.7. The summed E-state index contributed by atoms with van der Waals surface area (Å²) >= 11 is 0. The van der Waals surface area contributed by atoms with Crippen LogP contribution in [0.5, 0.6) is 5.75 Å². The number of pyridine rings is 1. The minimum absolute atomic E-state index is 0.00870. The van der Waals surface area contributed by atoms with Gasteiger partial charge in [-0.15, -0.1) is 0 Å². The van der Waals surface area contributed by atoms with Crippen LogP contribution in [0.25, 0.3) is 0 Å². The molecule has 0 radical (unpaired) electrons. The summed E-state index contributed by atoms with van der Waals surface area (Å²) < 4.78 is 13.1. The predicted molar refractivity (Wildman–Crippen MR) is 87.3 cm³/mol. The van der Waals surface area contributed by atoms with Gasteiger partial charge in [-0.2, -0.15) is 0 Å². The maximum Gasteiger partial charge on any atom is 0.256 e. The Morgan fingerprint density at radius 1 is 1.12 bits per heavy atom. The predicted octanol–water partition coefficient (Wildman–Crippen LogP) is 3.48. The lowest BCUT2D eigenvalue weighted by molar-refractivity contribution is 0.0570. The van der Waals surface area contributed by atoms with Crippen molar-refractivity contribution in [3.8, 4) is 5.75 Å². The summed E-state index contributed by atoms with van der Waals surface area (Å²) in [5.41, 5.74) is 1.59. The largest absolute Gasteiger partial charge is 0.506 e. The van der Waals surface area contributed by atoms with Gasteiger partial charge in [0.05, 0.1) is 11.8 Å². The third-order valence-electron chi connectivity index (χ3n) is 5.28. The molecular weight excluding hydrogens is 307 g/mol. The lowest BCUT2D eigenvalue weighted by atomic mass is 9.85. The van der Waals surface area contributed by atoms with E-state index in [0.29, 0.717) is 11.5 Å². The van der Waals surface area contributed by atoms with Crippen molar-refractivity contribution in [2.24, 2.45) is 0 Å². The molecule has 0 unspecified atom stereocenters. The molecule has 24 heavy (non-hydrogen) atoms. The van der Waals surface area contributed by atoms with Crippen LogP contribution in [0, 0.1) is 5.82 Å². The van der Waals surface area contributed by atoms with Crippen molar-refractivity contribution in [3.05, 3.63) is 59.7 Å². The number of benzene rings is 1. The third kappa shape index (κ3) is 2.64. The van der Waals surface area contributed by atoms with Crippen LogP contribution in [0.3, 0.4) is 0 Å². The van der Waals surface area contributed by atoms with E-state index < -0.39 is 0 Å². The molecule has 2 saturated heterocycles. The van der Waals surface area contributed by atoms with Crippen molar-refractivity contribution >= 4 is 5.91 Å². The topological polar surface area (TPSA) is 53.4 Å². The average molecular weight is 326 g/mol. The van der Waals surface area contributed by atoms with Gasteiger partial charge in [0.2, 0.25) is 0 Å². The Bertz CT molecular complexity index is 748. The van der Waals surface area contributed by atoms with Gasteiger partial charge in [-0.1, -0.05) is 12.1 Å². The van der Waals surface area contributed by atoms with E-state index in [4.69, 9.17) is 0 Å². The molecule has 4 nitrogen and oxygen atoms in total. The summed E-state index contributed by atoms with van der Waals surface area (Å²) in [4.78, 5) is 18.7. The van der Waals surface area contributed by atoms with Gasteiger partial charge in [-0.25, -0.2) is 4.39 Å². The van der Waals surface area contributed by atoms with Gasteiger partial charge in [0.1, 0.15) is 11.6 Å². The van der Waals surface area contributed by atoms with E-state index in [1.54, 1.807) is 0 Å². The highest BCUT2D eigenvalue weighted by atomic mass is 19.1. The lowest BCUT2D eigenvalue weighted by Crippen LogP contribution is -2.46. The summed E-state index contributed by atoms with van der Waals surface area (Å²) in [6, 6.07) is 8.61. The molecule has 2 aliphatic heterocycles. The van der Waals surface area contributed by atoms with Crippen LogP contribution in [0.1, 0.15) is 47.5 Å². The Morgan fingerprint density at radius 2 is 1.79 bits per heavy atom. The highest BCUT2D eigenvalue weighted by molar-refractivity contribution is 5.95. The molecule has 3 atom stereocenters. The summed E-state index contributed by atoms with van der Waals surface area (Å²) in [5.74, 6) is 0.109. The Kier molecular flexibility index (Phi) is 3.71. The Hall–Kier alpha value is -2.43. The van der Waals surface area contributed by atoms with Crippen molar-refractivity contribution < 1.29 is 14.3 Å². The van der Waals surface area contributed by atoms with Crippen LogP contribution < -0.4 is 0 Å². The van der Waals surface area contributed by atoms with Crippen LogP contribution >= 0.6 is 0 Å². The number of carbonyl (C=O) groups excluding carboxylic acids is 1. The van der Waals surface area contributed by atoms with Gasteiger partial charge in [0.15, 0.2) is 0 Å². The highest BCUT2D eigenvalue weighted by Crippen LogP contribution is 2.43. The number of carbonyl (C=O) groups is 1. The lowest BCUT2D eigenvalue weighted by Gasteiger charge is -2.39. The first-order valence-corrected chi connectivity index (χ1v) is 8.34. The van der Waals surface area contributed by atoms with Crippen molar-refractivity contribution in [1.29, 1.82) is 0 Å². The molecule has 1 amide bonds. The number of rotatable bonds is 2. The molecule has 2 fully saturated rings. The molecule has 4 rings (SSSR count). The zero-order valence-electron chi connectivity index (χ0n) is 13.2. The molecule has 0 saturated carbocycles. The van der Waals surface area contributed by atoms with Crippen molar-refractivity contribution in [3.63, 3.8) is 0 Å². The normalized spacial score (nSPS) is 25.7. The fourth-order valence-corrected chi connectivity index (χ4v) is 4.21. The van der Waals surface area contributed by atoms with Gasteiger partial charge in [-0.05, 0) is 55.4 Å². The molecule has 1 aromatic carbocycles. The quantitative estimate of drug-likeness (QED) is 0.919. The molecule has 2 aliphatic rings. The SMILES string of the molecule is O=C(c1cncc(O)c1)N1[C@@H]2CC[C@H]1C[C@@H](c1ccc(F)cc1)C2. The van der Waals surface area contributed by atoms with E-state index >= 15 is 0 Å². The van der Waals surface area contributed by atoms with Crippen molar-refractivity contribution in [2.45, 2.75) is 43.7 Å². The molecule has 3 heterocycles. The van der Waals surface area contributed by atoms with Crippen LogP contribution in [0.4, 0.5) is 4.39 Å². The molecule has 2 aromatic rings. The van der Waals surface area contributed by atoms with E-state index in [1.807, 2.05) is 17.0 Å². The summed E-state index contributed by atoms with van der Waals surface area (Å²) in [6.07, 6.45) is 6.64. The van der Waals surface area contributed by atoms with Gasteiger partial charge in [0, 0.05) is 18.3 Å². The molecule has 5 heteroatoms. The number of amides is 1. The monoisotopic (exact) mass is 326 g/mol. The van der Waals surface area contributed by atoms with Crippen LogP contribution in [0.2, 0.25) is 0 Å². The second-order valence-corrected chi connectivity index (χ2v) is 6.75. The van der Waals surface area contributed by atoms with Gasteiger partial charge < -0.3 is 10.0 Å². The fraction of sp³-hybridized carbons (Fsp3) is 0.368. The maximum atomic E-state index is 13.1. The number of piperidine rings is 1. The molecule has 1 N–H and O–H groups in total. The number of hydrogen-bond donors (Lipinski definition) is 1. The van der Waals surface area contributed by atoms with Gasteiger partial charge >= 0.3 is 0 Å². The fourth-order valence-electron chi connectivity index (χ4n) is 4.21. The Balaban J connectivity index is 1.55. The molecule has 0 spiro atoms. The first-order chi connectivity index (χ1) is 11.6. The second kappa shape index (κ2) is 5.89. The molecule has 2 bridgehead atoms. The number of aromatic nitrogens is 1. The van der Waals surface area contributed by atoms with Crippen LogP contribution in [0.15, 0.2) is 42.7 Å². The number of nitrogens with zero attached hydrogens (tertiary/aromatic N) is 2. The van der Waals surface area contributed by atoms with E-state index in [1.165, 1.54) is 30.6 Å². The molecule has 124 valence electrons. The molecular formula is C19H19FN2O2. The minimum atomic E-state index is -0.217. The number of halogens is 1. The Labute approximate surface area is 139 Å². The Morgan fingerprint density at radius 3 is 2.42 bits per heavy atom. The van der Waals surface area contributed by atoms with E-state index in [2.05, 4.69) is 4.98 Å². The number of fused-ring (bicyclic) bond motifs is 2. The maximum absolute atomic E-state index is 13.1. The molecule has 0 aliphatic carbocycles. The number of hydrogen-bond acceptors (Lipinski definition) is 3. The summed E-state index contributed by atoms with van der Waals surface area (Å²) in [7, 11) is 0. The van der Waals surface area contributed by atoms with E-state index in [0.717, 1.165) is 31.2 Å². The zero-order valence-corrected chi connectivity index (χ0v) is 13.2. The minimum Gasteiger partial charge on any atom is -0.506 e. The third-order valence-corrected chi connectivity index (χ3v) is 5.28. The standard InChI is InChI=1S/C19H19FN2O2/c20-15-3-1-12(2-4-15)13-7-16-5-6-17(8-13)22(16)19(24)14-9-18(23)11-21-10-14/h1-4,9-11,13,16-17,23H,5-8H2/t13-,16+,17-. The smallest absolute Gasteiger partial charge is 0.256 e. The molecule has 1 aromatic heterocycles. The average Bonchev–Trinajstić information content (AvgIpc) is 2.84. The first kappa shape index (κ1) is 15.1. The van der Waals surface area contributed by atoms with E-state index in [9.17, 15) is 14.3 Å². The van der Waals surface area contributed by atoms with Crippen LogP contribution in [-0.4, -0.2) is 33.0 Å². The summed E-state index contributed by atoms with van der Waals surface area (Å²) in [5, 5.41) is 9.56. The van der Waals surface area contributed by atoms with Gasteiger partial charge in [0.25, 0.3) is 5.91 Å². The van der Waals surface area contributed by atoms with E-state index in [-0.39, 0.29) is 29.6 Å². The number of aromatic hydroxyl groups is 1. The van der Waals surface area contributed by atoms with Gasteiger partial charge in [-0.3, -0.25) is 9.78 Å². The highest BCUT2D eigenvalue weighted by Gasteiger charge is 2.43. The van der Waals surface area contributed by atoms with Crippen LogP contribution in [-0.2, 0) is 0 Å². The first-order valence-electron chi connectivity index (χ1n) is 8.34. The second-order valence-electron chi connectivity index (χ2n) is 6.75. The van der Waals surface area contributed by atoms with Crippen molar-refractivity contribution in [1.82, 2.24) is 9.88 Å². The summed E-state index contributed by atoms with van der Waals surface area (Å²) in [6.45, 7) is 0. The van der Waals surface area contributed by atoms with Crippen molar-refractivity contribution in [2.75, 3.05) is 0 Å².